The van der Waals surface area contributed by atoms with Crippen LogP contribution in [0, 0.1) is 17.8 Å². The van der Waals surface area contributed by atoms with Crippen molar-refractivity contribution >= 4 is 11.7 Å². The second-order valence-corrected chi connectivity index (χ2v) is 4.96. The molecular formula is C12H21NO2. The van der Waals surface area contributed by atoms with Crippen molar-refractivity contribution in [1.82, 2.24) is 5.32 Å². The Morgan fingerprint density at radius 3 is 2.67 bits per heavy atom. The molecule has 1 aliphatic carbocycles. The van der Waals surface area contributed by atoms with E-state index in [0.717, 1.165) is 13.0 Å². The largest absolute Gasteiger partial charge is 0.356 e. The van der Waals surface area contributed by atoms with Gasteiger partial charge in [0.25, 0.3) is 0 Å². The molecule has 15 heavy (non-hydrogen) atoms. The van der Waals surface area contributed by atoms with Gasteiger partial charge in [-0.1, -0.05) is 20.8 Å². The first-order chi connectivity index (χ1) is 7.00. The maximum Gasteiger partial charge on any atom is 0.220 e. The lowest BCUT2D eigenvalue weighted by molar-refractivity contribution is -0.123. The summed E-state index contributed by atoms with van der Waals surface area (Å²) in [6, 6.07) is 0. The van der Waals surface area contributed by atoms with E-state index in [-0.39, 0.29) is 17.7 Å². The molecule has 0 saturated heterocycles. The van der Waals surface area contributed by atoms with Crippen LogP contribution >= 0.6 is 0 Å². The summed E-state index contributed by atoms with van der Waals surface area (Å²) >= 11 is 0. The number of amides is 1. The van der Waals surface area contributed by atoms with E-state index < -0.39 is 0 Å². The van der Waals surface area contributed by atoms with E-state index in [9.17, 15) is 9.59 Å². The second-order valence-electron chi connectivity index (χ2n) is 4.96. The first-order valence-electron chi connectivity index (χ1n) is 5.80. The van der Waals surface area contributed by atoms with Crippen LogP contribution in [0.2, 0.25) is 0 Å². The number of hydrogen-bond acceptors (Lipinski definition) is 2. The normalized spacial score (nSPS) is 26.0. The Labute approximate surface area is 91.6 Å². The third-order valence-corrected chi connectivity index (χ3v) is 3.13. The summed E-state index contributed by atoms with van der Waals surface area (Å²) in [5.74, 6) is 1.24. The van der Waals surface area contributed by atoms with Crippen LogP contribution in [0.4, 0.5) is 0 Å². The molecule has 0 spiro atoms. The number of carbonyl (C=O) groups is 2. The van der Waals surface area contributed by atoms with E-state index >= 15 is 0 Å². The van der Waals surface area contributed by atoms with Gasteiger partial charge in [-0.3, -0.25) is 9.59 Å². The molecule has 0 unspecified atom stereocenters. The van der Waals surface area contributed by atoms with Crippen molar-refractivity contribution in [1.29, 1.82) is 0 Å². The molecule has 0 radical (unpaired) electrons. The Morgan fingerprint density at radius 2 is 2.20 bits per heavy atom. The molecule has 0 aliphatic heterocycles. The standard InChI is InChI=1S/C12H21NO2/c1-8(2)7-13-12(15)6-10-4-5-11(14)9(10)3/h8-10H,4-7H2,1-3H3,(H,13,15)/t9-,10+/m0/s1. The Hall–Kier alpha value is -0.860. The van der Waals surface area contributed by atoms with Gasteiger partial charge in [0.05, 0.1) is 0 Å². The Morgan fingerprint density at radius 1 is 1.53 bits per heavy atom. The smallest absolute Gasteiger partial charge is 0.220 e. The Balaban J connectivity index is 2.29. The highest BCUT2D eigenvalue weighted by atomic mass is 16.1. The average molecular weight is 211 g/mol. The van der Waals surface area contributed by atoms with Gasteiger partial charge in [0.2, 0.25) is 5.91 Å². The highest BCUT2D eigenvalue weighted by Crippen LogP contribution is 2.30. The molecule has 1 fully saturated rings. The topological polar surface area (TPSA) is 46.2 Å². The zero-order valence-corrected chi connectivity index (χ0v) is 9.88. The molecule has 0 bridgehead atoms. The number of rotatable bonds is 4. The van der Waals surface area contributed by atoms with Crippen LogP contribution in [0.25, 0.3) is 0 Å². The quantitative estimate of drug-likeness (QED) is 0.770. The predicted molar refractivity (Wildman–Crippen MR) is 59.4 cm³/mol. The first kappa shape index (κ1) is 12.2. The lowest BCUT2D eigenvalue weighted by atomic mass is 9.94. The van der Waals surface area contributed by atoms with Crippen molar-refractivity contribution in [3.63, 3.8) is 0 Å². The molecule has 3 heteroatoms. The fourth-order valence-corrected chi connectivity index (χ4v) is 1.98. The van der Waals surface area contributed by atoms with E-state index in [2.05, 4.69) is 19.2 Å². The molecule has 0 aromatic rings. The summed E-state index contributed by atoms with van der Waals surface area (Å²) in [6.45, 7) is 6.81. The maximum absolute atomic E-state index is 11.5. The summed E-state index contributed by atoms with van der Waals surface area (Å²) in [7, 11) is 0. The third kappa shape index (κ3) is 3.65. The molecule has 0 aromatic heterocycles. The molecule has 3 nitrogen and oxygen atoms in total. The lowest BCUT2D eigenvalue weighted by Gasteiger charge is -2.14. The molecule has 0 heterocycles. The van der Waals surface area contributed by atoms with Gasteiger partial charge in [-0.05, 0) is 18.3 Å². The van der Waals surface area contributed by atoms with Crippen LogP contribution in [0.5, 0.6) is 0 Å². The van der Waals surface area contributed by atoms with Crippen LogP contribution in [0.3, 0.4) is 0 Å². The molecule has 1 amide bonds. The van der Waals surface area contributed by atoms with E-state index in [1.54, 1.807) is 0 Å². The van der Waals surface area contributed by atoms with Crippen LogP contribution in [0.15, 0.2) is 0 Å². The van der Waals surface area contributed by atoms with Gasteiger partial charge in [-0.15, -0.1) is 0 Å². The minimum Gasteiger partial charge on any atom is -0.356 e. The van der Waals surface area contributed by atoms with Gasteiger partial charge in [0, 0.05) is 25.3 Å². The summed E-state index contributed by atoms with van der Waals surface area (Å²) in [5, 5.41) is 2.89. The fraction of sp³-hybridized carbons (Fsp3) is 0.833. The van der Waals surface area contributed by atoms with Gasteiger partial charge in [-0.25, -0.2) is 0 Å². The van der Waals surface area contributed by atoms with Gasteiger partial charge >= 0.3 is 0 Å². The highest BCUT2D eigenvalue weighted by Gasteiger charge is 2.31. The van der Waals surface area contributed by atoms with Crippen LogP contribution in [0.1, 0.15) is 40.0 Å². The molecule has 1 N–H and O–H groups in total. The molecule has 0 aromatic carbocycles. The average Bonchev–Trinajstić information content (AvgIpc) is 2.47. The number of ketones is 1. The molecule has 1 saturated carbocycles. The highest BCUT2D eigenvalue weighted by molar-refractivity contribution is 5.84. The first-order valence-corrected chi connectivity index (χ1v) is 5.80. The summed E-state index contributed by atoms with van der Waals surface area (Å²) < 4.78 is 0. The molecule has 86 valence electrons. The molecule has 1 aliphatic rings. The van der Waals surface area contributed by atoms with Crippen molar-refractivity contribution in [3.05, 3.63) is 0 Å². The van der Waals surface area contributed by atoms with Crippen molar-refractivity contribution < 1.29 is 9.59 Å². The van der Waals surface area contributed by atoms with E-state index in [1.165, 1.54) is 0 Å². The van der Waals surface area contributed by atoms with Crippen molar-refractivity contribution in [2.24, 2.45) is 17.8 Å². The third-order valence-electron chi connectivity index (χ3n) is 3.13. The predicted octanol–water partition coefficient (Wildman–Crippen LogP) is 1.76. The number of hydrogen-bond donors (Lipinski definition) is 1. The van der Waals surface area contributed by atoms with Gasteiger partial charge in [-0.2, -0.15) is 0 Å². The maximum atomic E-state index is 11.5. The molecule has 1 rings (SSSR count). The zero-order valence-electron chi connectivity index (χ0n) is 9.88. The van der Waals surface area contributed by atoms with E-state index in [1.807, 2.05) is 6.92 Å². The fourth-order valence-electron chi connectivity index (χ4n) is 1.98. The van der Waals surface area contributed by atoms with E-state index in [0.29, 0.717) is 24.5 Å². The minimum atomic E-state index is 0.0785. The number of Topliss-reactive ketones (excluding diaryl/α,β-unsaturated/α-hetero) is 1. The Kier molecular flexibility index (Phi) is 4.30. The van der Waals surface area contributed by atoms with Crippen molar-refractivity contribution in [2.45, 2.75) is 40.0 Å². The van der Waals surface area contributed by atoms with Gasteiger partial charge in [0.15, 0.2) is 0 Å². The van der Waals surface area contributed by atoms with Crippen LogP contribution < -0.4 is 5.32 Å². The lowest BCUT2D eigenvalue weighted by Crippen LogP contribution is -2.29. The minimum absolute atomic E-state index is 0.0785. The van der Waals surface area contributed by atoms with Crippen molar-refractivity contribution in [2.75, 3.05) is 6.54 Å². The monoisotopic (exact) mass is 211 g/mol. The second kappa shape index (κ2) is 5.29. The van der Waals surface area contributed by atoms with Crippen molar-refractivity contribution in [3.8, 4) is 0 Å². The molecule has 2 atom stereocenters. The number of carbonyl (C=O) groups excluding carboxylic acids is 2. The SMILES string of the molecule is CC(C)CNC(=O)C[C@H]1CCC(=O)[C@H]1C. The molecular weight excluding hydrogens is 190 g/mol. The van der Waals surface area contributed by atoms with Gasteiger partial charge in [0.1, 0.15) is 5.78 Å². The zero-order chi connectivity index (χ0) is 11.4. The number of nitrogens with one attached hydrogen (secondary N) is 1. The van der Waals surface area contributed by atoms with Crippen LogP contribution in [-0.2, 0) is 9.59 Å². The summed E-state index contributed by atoms with van der Waals surface area (Å²) in [6.07, 6.45) is 2.05. The van der Waals surface area contributed by atoms with Crippen LogP contribution in [-0.4, -0.2) is 18.2 Å². The van der Waals surface area contributed by atoms with Gasteiger partial charge < -0.3 is 5.32 Å². The Bertz CT molecular complexity index is 248. The summed E-state index contributed by atoms with van der Waals surface area (Å²) in [5.41, 5.74) is 0. The van der Waals surface area contributed by atoms with E-state index in [4.69, 9.17) is 0 Å². The summed E-state index contributed by atoms with van der Waals surface area (Å²) in [4.78, 5) is 22.8.